The van der Waals surface area contributed by atoms with E-state index < -0.39 is 15.9 Å². The molecule has 0 saturated carbocycles. The van der Waals surface area contributed by atoms with Crippen LogP contribution in [-0.4, -0.2) is 55.7 Å². The molecule has 0 N–H and O–H groups in total. The highest BCUT2D eigenvalue weighted by Crippen LogP contribution is 2.38. The van der Waals surface area contributed by atoms with Gasteiger partial charge in [-0.2, -0.15) is 4.31 Å². The van der Waals surface area contributed by atoms with Gasteiger partial charge < -0.3 is 9.64 Å². The molecule has 0 amide bonds. The molecule has 9 heteroatoms. The third-order valence-corrected chi connectivity index (χ3v) is 9.84. The lowest BCUT2D eigenvalue weighted by Gasteiger charge is -2.35. The first-order valence-electron chi connectivity index (χ1n) is 13.2. The van der Waals surface area contributed by atoms with Crippen molar-refractivity contribution in [1.82, 2.24) is 9.29 Å². The van der Waals surface area contributed by atoms with E-state index in [0.29, 0.717) is 25.4 Å². The Morgan fingerprint density at radius 1 is 1.14 bits per heavy atom. The minimum atomic E-state index is -3.17. The predicted octanol–water partition coefficient (Wildman–Crippen LogP) is 5.24. The second-order valence-corrected chi connectivity index (χ2v) is 12.5. The molecule has 0 aliphatic carbocycles. The smallest absolute Gasteiger partial charge is 0.272 e. The Kier molecular flexibility index (Phi) is 7.29. The molecule has 1 aromatic heterocycles. The Hall–Kier alpha value is -2.52. The largest absolute Gasteiger partial charge is 0.490 e. The highest BCUT2D eigenvalue weighted by atomic mass is 32.2. The Labute approximate surface area is 218 Å². The average molecular weight is 532 g/mol. The van der Waals surface area contributed by atoms with Gasteiger partial charge in [0.2, 0.25) is 10.0 Å². The average Bonchev–Trinajstić information content (AvgIpc) is 3.32. The summed E-state index contributed by atoms with van der Waals surface area (Å²) in [6.45, 7) is 5.39. The summed E-state index contributed by atoms with van der Waals surface area (Å²) in [5.41, 5.74) is 3.49. The number of fused-ring (bicyclic) bond motifs is 1. The maximum Gasteiger partial charge on any atom is 0.272 e. The molecule has 1 atom stereocenters. The van der Waals surface area contributed by atoms with Crippen molar-refractivity contribution >= 4 is 21.4 Å². The van der Waals surface area contributed by atoms with E-state index >= 15 is 0 Å². The van der Waals surface area contributed by atoms with E-state index in [1.54, 1.807) is 10.4 Å². The summed E-state index contributed by atoms with van der Waals surface area (Å²) in [7, 11) is -3.17. The van der Waals surface area contributed by atoms with Crippen LogP contribution in [0.15, 0.2) is 42.6 Å². The number of nitrogens with zero attached hydrogens (tertiary/aromatic N) is 3. The molecular formula is C28H35F2N3O3S. The molecule has 6 nitrogen and oxygen atoms in total. The van der Waals surface area contributed by atoms with Gasteiger partial charge in [-0.1, -0.05) is 19.1 Å². The molecule has 5 rings (SSSR count). The number of anilines is 1. The summed E-state index contributed by atoms with van der Waals surface area (Å²) < 4.78 is 59.6. The topological polar surface area (TPSA) is 62.7 Å². The summed E-state index contributed by atoms with van der Waals surface area (Å²) in [5, 5.41) is 0. The Morgan fingerprint density at radius 3 is 2.54 bits per heavy atom. The number of rotatable bonds is 7. The Bertz CT molecular complexity index is 1250. The summed E-state index contributed by atoms with van der Waals surface area (Å²) in [5.74, 6) is -0.563. The molecule has 0 radical (unpaired) electrons. The van der Waals surface area contributed by atoms with E-state index in [2.05, 4.69) is 28.1 Å². The summed E-state index contributed by atoms with van der Waals surface area (Å²) in [6, 6.07) is 9.50. The molecule has 1 fully saturated rings. The number of benzene rings is 1. The van der Waals surface area contributed by atoms with Gasteiger partial charge in [0, 0.05) is 51.3 Å². The van der Waals surface area contributed by atoms with Crippen molar-refractivity contribution in [3.8, 4) is 5.75 Å². The predicted molar refractivity (Wildman–Crippen MR) is 142 cm³/mol. The monoisotopic (exact) mass is 531 g/mol. The van der Waals surface area contributed by atoms with Crippen LogP contribution >= 0.6 is 0 Å². The van der Waals surface area contributed by atoms with Crippen LogP contribution in [0.2, 0.25) is 0 Å². The van der Waals surface area contributed by atoms with Gasteiger partial charge >= 0.3 is 0 Å². The van der Waals surface area contributed by atoms with Crippen LogP contribution in [0.3, 0.4) is 0 Å². The van der Waals surface area contributed by atoms with Gasteiger partial charge in [0.05, 0.1) is 5.75 Å². The molecule has 4 heterocycles. The number of pyridine rings is 1. The number of sulfonamides is 1. The van der Waals surface area contributed by atoms with E-state index in [1.165, 1.54) is 23.4 Å². The van der Waals surface area contributed by atoms with Gasteiger partial charge in [0.15, 0.2) is 0 Å². The van der Waals surface area contributed by atoms with Crippen LogP contribution < -0.4 is 9.64 Å². The van der Waals surface area contributed by atoms with Crippen LogP contribution in [0.25, 0.3) is 5.57 Å². The third kappa shape index (κ3) is 5.67. The van der Waals surface area contributed by atoms with Gasteiger partial charge in [-0.05, 0) is 72.6 Å². The number of hydrogen-bond acceptors (Lipinski definition) is 5. The highest BCUT2D eigenvalue weighted by molar-refractivity contribution is 7.89. The number of halogens is 2. The van der Waals surface area contributed by atoms with Crippen LogP contribution in [0.1, 0.15) is 56.2 Å². The van der Waals surface area contributed by atoms with Crippen molar-refractivity contribution in [1.29, 1.82) is 0 Å². The first kappa shape index (κ1) is 26.1. The van der Waals surface area contributed by atoms with Crippen molar-refractivity contribution in [3.63, 3.8) is 0 Å². The molecule has 1 aromatic carbocycles. The molecule has 0 bridgehead atoms. The van der Waals surface area contributed by atoms with Crippen LogP contribution in [0.5, 0.6) is 5.75 Å². The van der Waals surface area contributed by atoms with E-state index in [0.717, 1.165) is 62.8 Å². The van der Waals surface area contributed by atoms with Gasteiger partial charge in [0.1, 0.15) is 17.7 Å². The number of hydrogen-bond donors (Lipinski definition) is 0. The number of piperidine rings is 1. The zero-order valence-electron chi connectivity index (χ0n) is 21.5. The standard InChI is InChI=1S/C28H35F2N3O3S/c1-3-16-37(34,35)33-14-10-20(11-15-33)22-4-6-25-23(17-22)18-26(36-25)21-8-12-32(13-9-21)27-7-5-24(19-31-27)28(2,29)30/h4-7,10,17,19,21,26H,3,8-9,11-16,18H2,1-2H3. The van der Waals surface area contributed by atoms with E-state index in [9.17, 15) is 17.2 Å². The number of ether oxygens (including phenoxy) is 1. The van der Waals surface area contributed by atoms with Gasteiger partial charge in [-0.15, -0.1) is 0 Å². The summed E-state index contributed by atoms with van der Waals surface area (Å²) in [6.07, 6.45) is 7.61. The molecule has 200 valence electrons. The van der Waals surface area contributed by atoms with E-state index in [1.807, 2.05) is 13.0 Å². The molecule has 0 spiro atoms. The first-order chi connectivity index (χ1) is 17.6. The highest BCUT2D eigenvalue weighted by Gasteiger charge is 2.34. The maximum atomic E-state index is 13.5. The molecule has 3 aliphatic heterocycles. The summed E-state index contributed by atoms with van der Waals surface area (Å²) >= 11 is 0. The number of aromatic nitrogens is 1. The van der Waals surface area contributed by atoms with Crippen molar-refractivity contribution in [3.05, 3.63) is 59.3 Å². The lowest BCUT2D eigenvalue weighted by atomic mass is 9.88. The zero-order valence-corrected chi connectivity index (χ0v) is 22.3. The van der Waals surface area contributed by atoms with Gasteiger partial charge in [0.25, 0.3) is 5.92 Å². The molecule has 2 aromatic rings. The lowest BCUT2D eigenvalue weighted by Crippen LogP contribution is -2.39. The van der Waals surface area contributed by atoms with E-state index in [-0.39, 0.29) is 17.4 Å². The Morgan fingerprint density at radius 2 is 1.92 bits per heavy atom. The quantitative estimate of drug-likeness (QED) is 0.489. The molecule has 37 heavy (non-hydrogen) atoms. The number of alkyl halides is 2. The SMILES string of the molecule is CCCS(=O)(=O)N1CC=C(c2ccc3c(c2)CC(C2CCN(c4ccc(C(C)(F)F)cn4)CC2)O3)CC1. The molecule has 1 saturated heterocycles. The lowest BCUT2D eigenvalue weighted by molar-refractivity contribution is 0.0171. The van der Waals surface area contributed by atoms with Crippen LogP contribution in [0, 0.1) is 5.92 Å². The molecular weight excluding hydrogens is 496 g/mol. The normalized spacial score (nSPS) is 21.5. The minimum Gasteiger partial charge on any atom is -0.490 e. The zero-order chi connectivity index (χ0) is 26.2. The molecule has 3 aliphatic rings. The summed E-state index contributed by atoms with van der Waals surface area (Å²) in [4.78, 5) is 6.44. The van der Waals surface area contributed by atoms with Gasteiger partial charge in [-0.3, -0.25) is 0 Å². The second kappa shape index (κ2) is 10.3. The fourth-order valence-corrected chi connectivity index (χ4v) is 7.07. The van der Waals surface area contributed by atoms with Crippen molar-refractivity contribution in [2.75, 3.05) is 36.8 Å². The van der Waals surface area contributed by atoms with Crippen molar-refractivity contribution in [2.24, 2.45) is 5.92 Å². The van der Waals surface area contributed by atoms with Crippen LogP contribution in [-0.2, 0) is 22.4 Å². The molecule has 1 unspecified atom stereocenters. The first-order valence-corrected chi connectivity index (χ1v) is 14.8. The fraction of sp³-hybridized carbons (Fsp3) is 0.536. The second-order valence-electron chi connectivity index (χ2n) is 10.5. The minimum absolute atomic E-state index is 0.0644. The third-order valence-electron chi connectivity index (χ3n) is 7.80. The van der Waals surface area contributed by atoms with Crippen molar-refractivity contribution < 1.29 is 21.9 Å². The Balaban J connectivity index is 1.17. The maximum absolute atomic E-state index is 13.5. The fourth-order valence-electron chi connectivity index (χ4n) is 5.62. The van der Waals surface area contributed by atoms with Crippen molar-refractivity contribution in [2.45, 2.75) is 58.0 Å². The van der Waals surface area contributed by atoms with Crippen LogP contribution in [0.4, 0.5) is 14.6 Å². The van der Waals surface area contributed by atoms with E-state index in [4.69, 9.17) is 4.74 Å². The van der Waals surface area contributed by atoms with Gasteiger partial charge in [-0.25, -0.2) is 22.2 Å².